The van der Waals surface area contributed by atoms with E-state index in [1.807, 2.05) is 0 Å². The molecule has 0 aromatic rings. The molecule has 0 amide bonds. The lowest BCUT2D eigenvalue weighted by atomic mass is 10.1. The van der Waals surface area contributed by atoms with Gasteiger partial charge in [-0.2, -0.15) is 0 Å². The maximum absolute atomic E-state index is 5.81. The van der Waals surface area contributed by atoms with Crippen molar-refractivity contribution in [2.24, 2.45) is 11.7 Å². The van der Waals surface area contributed by atoms with Crippen molar-refractivity contribution < 1.29 is 4.74 Å². The first-order chi connectivity index (χ1) is 6.22. The van der Waals surface area contributed by atoms with Crippen molar-refractivity contribution in [2.45, 2.75) is 38.3 Å². The third-order valence-electron chi connectivity index (χ3n) is 2.74. The van der Waals surface area contributed by atoms with E-state index in [0.717, 1.165) is 12.5 Å². The van der Waals surface area contributed by atoms with Gasteiger partial charge >= 0.3 is 0 Å². The molecule has 0 saturated heterocycles. The standard InChI is InChI=1S/C10H22N2O/c1-8-3-4-10(5-8)12-6-9(11)7-13-2/h8-10,12H,3-7,11H2,1-2H3. The molecule has 3 atom stereocenters. The van der Waals surface area contributed by atoms with Gasteiger partial charge in [-0.25, -0.2) is 0 Å². The fraction of sp³-hybridized carbons (Fsp3) is 1.00. The molecule has 0 radical (unpaired) electrons. The fourth-order valence-corrected chi connectivity index (χ4v) is 1.98. The molecule has 0 aromatic heterocycles. The predicted octanol–water partition coefficient (Wildman–Crippen LogP) is 0.738. The third kappa shape index (κ3) is 4.07. The van der Waals surface area contributed by atoms with Gasteiger partial charge in [0.1, 0.15) is 0 Å². The molecule has 13 heavy (non-hydrogen) atoms. The quantitative estimate of drug-likeness (QED) is 0.665. The molecule has 78 valence electrons. The van der Waals surface area contributed by atoms with Crippen LogP contribution < -0.4 is 11.1 Å². The summed E-state index contributed by atoms with van der Waals surface area (Å²) in [6, 6.07) is 0.832. The Morgan fingerprint density at radius 1 is 1.54 bits per heavy atom. The summed E-state index contributed by atoms with van der Waals surface area (Å²) in [6.07, 6.45) is 3.97. The summed E-state index contributed by atoms with van der Waals surface area (Å²) in [5, 5.41) is 3.49. The number of nitrogens with two attached hydrogens (primary N) is 1. The maximum atomic E-state index is 5.81. The molecule has 3 heteroatoms. The number of ether oxygens (including phenoxy) is 1. The Labute approximate surface area is 81.0 Å². The average Bonchev–Trinajstić information content (AvgIpc) is 2.49. The van der Waals surface area contributed by atoms with Crippen molar-refractivity contribution in [1.82, 2.24) is 5.32 Å². The van der Waals surface area contributed by atoms with Crippen LogP contribution >= 0.6 is 0 Å². The van der Waals surface area contributed by atoms with Crippen molar-refractivity contribution in [3.8, 4) is 0 Å². The summed E-state index contributed by atoms with van der Waals surface area (Å²) in [7, 11) is 1.69. The smallest absolute Gasteiger partial charge is 0.0626 e. The maximum Gasteiger partial charge on any atom is 0.0626 e. The van der Waals surface area contributed by atoms with Crippen LogP contribution in [0.15, 0.2) is 0 Å². The predicted molar refractivity (Wildman–Crippen MR) is 54.7 cm³/mol. The minimum Gasteiger partial charge on any atom is -0.383 e. The van der Waals surface area contributed by atoms with Crippen molar-refractivity contribution in [1.29, 1.82) is 0 Å². The summed E-state index contributed by atoms with van der Waals surface area (Å²) in [6.45, 7) is 3.84. The first-order valence-corrected chi connectivity index (χ1v) is 5.20. The van der Waals surface area contributed by atoms with Crippen molar-refractivity contribution >= 4 is 0 Å². The number of nitrogens with one attached hydrogen (secondary N) is 1. The van der Waals surface area contributed by atoms with E-state index in [9.17, 15) is 0 Å². The highest BCUT2D eigenvalue weighted by Gasteiger charge is 2.20. The number of hydrogen-bond acceptors (Lipinski definition) is 3. The highest BCUT2D eigenvalue weighted by molar-refractivity contribution is 4.79. The Balaban J connectivity index is 2.05. The Hall–Kier alpha value is -0.120. The molecule has 3 N–H and O–H groups in total. The molecule has 1 rings (SSSR count). The van der Waals surface area contributed by atoms with Crippen molar-refractivity contribution in [3.05, 3.63) is 0 Å². The summed E-state index contributed by atoms with van der Waals surface area (Å²) < 4.78 is 4.97. The van der Waals surface area contributed by atoms with Gasteiger partial charge in [0.05, 0.1) is 6.61 Å². The molecule has 0 aromatic carbocycles. The molecule has 1 aliphatic carbocycles. The lowest BCUT2D eigenvalue weighted by Crippen LogP contribution is -2.41. The van der Waals surface area contributed by atoms with Crippen LogP contribution in [0.3, 0.4) is 0 Å². The van der Waals surface area contributed by atoms with Gasteiger partial charge in [-0.3, -0.25) is 0 Å². The molecule has 0 heterocycles. The molecule has 1 aliphatic rings. The Morgan fingerprint density at radius 2 is 2.31 bits per heavy atom. The van der Waals surface area contributed by atoms with Gasteiger partial charge in [0.2, 0.25) is 0 Å². The van der Waals surface area contributed by atoms with Gasteiger partial charge in [-0.15, -0.1) is 0 Å². The topological polar surface area (TPSA) is 47.3 Å². The van der Waals surface area contributed by atoms with E-state index in [4.69, 9.17) is 10.5 Å². The second-order valence-electron chi connectivity index (χ2n) is 4.24. The zero-order chi connectivity index (χ0) is 9.68. The molecular weight excluding hydrogens is 164 g/mol. The van der Waals surface area contributed by atoms with E-state index < -0.39 is 0 Å². The molecule has 1 fully saturated rings. The normalized spacial score (nSPS) is 30.7. The lowest BCUT2D eigenvalue weighted by Gasteiger charge is -2.16. The average molecular weight is 186 g/mol. The van der Waals surface area contributed by atoms with Crippen LogP contribution in [-0.2, 0) is 4.74 Å². The van der Waals surface area contributed by atoms with Gasteiger partial charge in [0.25, 0.3) is 0 Å². The molecular formula is C10H22N2O. The number of methoxy groups -OCH3 is 1. The van der Waals surface area contributed by atoms with Gasteiger partial charge in [-0.1, -0.05) is 6.92 Å². The van der Waals surface area contributed by atoms with E-state index in [1.165, 1.54) is 19.3 Å². The van der Waals surface area contributed by atoms with Gasteiger partial charge in [0.15, 0.2) is 0 Å². The van der Waals surface area contributed by atoms with E-state index in [2.05, 4.69) is 12.2 Å². The van der Waals surface area contributed by atoms with E-state index >= 15 is 0 Å². The number of rotatable bonds is 5. The first kappa shape index (κ1) is 11.0. The third-order valence-corrected chi connectivity index (χ3v) is 2.74. The Kier molecular flexibility index (Phi) is 4.70. The Morgan fingerprint density at radius 3 is 2.85 bits per heavy atom. The summed E-state index contributed by atoms with van der Waals surface area (Å²) in [5.41, 5.74) is 5.81. The first-order valence-electron chi connectivity index (χ1n) is 5.20. The summed E-state index contributed by atoms with van der Waals surface area (Å²) >= 11 is 0. The van der Waals surface area contributed by atoms with Crippen LogP contribution in [0.25, 0.3) is 0 Å². The summed E-state index contributed by atoms with van der Waals surface area (Å²) in [4.78, 5) is 0. The van der Waals surface area contributed by atoms with Crippen LogP contribution in [0.5, 0.6) is 0 Å². The van der Waals surface area contributed by atoms with Crippen LogP contribution in [-0.4, -0.2) is 32.3 Å². The fourth-order valence-electron chi connectivity index (χ4n) is 1.98. The zero-order valence-corrected chi connectivity index (χ0v) is 8.75. The van der Waals surface area contributed by atoms with Crippen LogP contribution in [0.2, 0.25) is 0 Å². The second-order valence-corrected chi connectivity index (χ2v) is 4.24. The largest absolute Gasteiger partial charge is 0.383 e. The van der Waals surface area contributed by atoms with Crippen molar-refractivity contribution in [3.63, 3.8) is 0 Å². The molecule has 0 bridgehead atoms. The molecule has 3 unspecified atom stereocenters. The minimum atomic E-state index is 0.140. The number of hydrogen-bond donors (Lipinski definition) is 2. The zero-order valence-electron chi connectivity index (χ0n) is 8.75. The van der Waals surface area contributed by atoms with E-state index in [0.29, 0.717) is 12.6 Å². The van der Waals surface area contributed by atoms with Crippen molar-refractivity contribution in [2.75, 3.05) is 20.3 Å². The molecule has 3 nitrogen and oxygen atoms in total. The van der Waals surface area contributed by atoms with Crippen LogP contribution in [0.4, 0.5) is 0 Å². The Bertz CT molecular complexity index is 141. The molecule has 0 spiro atoms. The van der Waals surface area contributed by atoms with E-state index in [-0.39, 0.29) is 6.04 Å². The monoisotopic (exact) mass is 186 g/mol. The second kappa shape index (κ2) is 5.58. The highest BCUT2D eigenvalue weighted by Crippen LogP contribution is 2.24. The van der Waals surface area contributed by atoms with Gasteiger partial charge in [0, 0.05) is 25.7 Å². The van der Waals surface area contributed by atoms with Crippen LogP contribution in [0, 0.1) is 5.92 Å². The summed E-state index contributed by atoms with van der Waals surface area (Å²) in [5.74, 6) is 0.885. The lowest BCUT2D eigenvalue weighted by molar-refractivity contribution is 0.177. The van der Waals surface area contributed by atoms with Crippen LogP contribution in [0.1, 0.15) is 26.2 Å². The minimum absolute atomic E-state index is 0.140. The van der Waals surface area contributed by atoms with Gasteiger partial charge < -0.3 is 15.8 Å². The van der Waals surface area contributed by atoms with E-state index in [1.54, 1.807) is 7.11 Å². The SMILES string of the molecule is COCC(N)CNC1CCC(C)C1. The van der Waals surface area contributed by atoms with Gasteiger partial charge in [-0.05, 0) is 25.2 Å². The molecule has 1 saturated carbocycles. The molecule has 0 aliphatic heterocycles. The highest BCUT2D eigenvalue weighted by atomic mass is 16.5.